The first-order valence-corrected chi connectivity index (χ1v) is 6.24. The van der Waals surface area contributed by atoms with Crippen molar-refractivity contribution in [3.8, 4) is 0 Å². The van der Waals surface area contributed by atoms with Crippen molar-refractivity contribution < 1.29 is 29.4 Å². The van der Waals surface area contributed by atoms with Gasteiger partial charge in [0.1, 0.15) is 0 Å². The minimum Gasteiger partial charge on any atom is -0.481 e. The number of benzene rings is 1. The third-order valence-corrected chi connectivity index (χ3v) is 2.78. The second-order valence-electron chi connectivity index (χ2n) is 4.42. The van der Waals surface area contributed by atoms with Crippen molar-refractivity contribution in [3.05, 3.63) is 35.9 Å². The van der Waals surface area contributed by atoms with Crippen LogP contribution in [0, 0.1) is 5.92 Å². The van der Waals surface area contributed by atoms with Crippen molar-refractivity contribution in [1.82, 2.24) is 5.32 Å². The quantitative estimate of drug-likeness (QED) is 0.686. The van der Waals surface area contributed by atoms with Crippen molar-refractivity contribution in [1.29, 1.82) is 0 Å². The number of rotatable bonds is 7. The molecular weight excluding hydrogens is 278 g/mol. The Hall–Kier alpha value is -2.70. The molecule has 2 amide bonds. The van der Waals surface area contributed by atoms with E-state index in [0.29, 0.717) is 0 Å². The van der Waals surface area contributed by atoms with Gasteiger partial charge in [0.2, 0.25) is 5.91 Å². The molecule has 0 spiro atoms. The zero-order valence-electron chi connectivity index (χ0n) is 11.1. The number of carbonyl (C=O) groups excluding carboxylic acids is 2. The maximum absolute atomic E-state index is 11.7. The molecule has 1 aromatic carbocycles. The van der Waals surface area contributed by atoms with E-state index in [1.165, 1.54) is 12.1 Å². The molecule has 0 aliphatic rings. The molecule has 0 aliphatic carbocycles. The van der Waals surface area contributed by atoms with E-state index in [9.17, 15) is 19.2 Å². The maximum Gasteiger partial charge on any atom is 0.307 e. The number of aliphatic carboxylic acids is 2. The third kappa shape index (κ3) is 5.85. The highest BCUT2D eigenvalue weighted by molar-refractivity contribution is 6.05. The van der Waals surface area contributed by atoms with Gasteiger partial charge in [-0.3, -0.25) is 24.5 Å². The highest BCUT2D eigenvalue weighted by Gasteiger charge is 2.23. The predicted octanol–water partition coefficient (Wildman–Crippen LogP) is 0.899. The van der Waals surface area contributed by atoms with E-state index in [4.69, 9.17) is 10.2 Å². The molecule has 7 heteroatoms. The lowest BCUT2D eigenvalue weighted by molar-refractivity contribution is -0.145. The number of carbonyl (C=O) groups is 4. The summed E-state index contributed by atoms with van der Waals surface area (Å²) in [6.07, 6.45) is -0.963. The highest BCUT2D eigenvalue weighted by Crippen LogP contribution is 2.12. The molecule has 0 aliphatic heterocycles. The standard InChI is InChI=1S/C14H15NO6/c16-11(8-10(14(20)21)6-7-12(17)18)15-13(19)9-4-2-1-3-5-9/h1-5,10H,6-8H2,(H,17,18)(H,20,21)(H,15,16,19). The van der Waals surface area contributed by atoms with Gasteiger partial charge in [-0.05, 0) is 18.6 Å². The maximum atomic E-state index is 11.7. The Morgan fingerprint density at radius 1 is 1.05 bits per heavy atom. The second kappa shape index (κ2) is 7.78. The zero-order valence-corrected chi connectivity index (χ0v) is 11.1. The summed E-state index contributed by atoms with van der Waals surface area (Å²) < 4.78 is 0. The topological polar surface area (TPSA) is 121 Å². The molecule has 0 aromatic heterocycles. The largest absolute Gasteiger partial charge is 0.481 e. The summed E-state index contributed by atoms with van der Waals surface area (Å²) in [7, 11) is 0. The van der Waals surface area contributed by atoms with Gasteiger partial charge in [-0.25, -0.2) is 0 Å². The van der Waals surface area contributed by atoms with Gasteiger partial charge >= 0.3 is 11.9 Å². The first-order valence-electron chi connectivity index (χ1n) is 6.24. The van der Waals surface area contributed by atoms with Crippen LogP contribution < -0.4 is 5.32 Å². The molecule has 7 nitrogen and oxygen atoms in total. The number of carboxylic acid groups (broad SMARTS) is 2. The van der Waals surface area contributed by atoms with Crippen LogP contribution in [0.15, 0.2) is 30.3 Å². The van der Waals surface area contributed by atoms with Crippen LogP contribution in [0.2, 0.25) is 0 Å². The molecule has 21 heavy (non-hydrogen) atoms. The fraction of sp³-hybridized carbons (Fsp3) is 0.286. The molecule has 0 bridgehead atoms. The lowest BCUT2D eigenvalue weighted by Crippen LogP contribution is -2.33. The van der Waals surface area contributed by atoms with Crippen LogP contribution in [-0.4, -0.2) is 34.0 Å². The molecule has 0 radical (unpaired) electrons. The Morgan fingerprint density at radius 3 is 2.19 bits per heavy atom. The Labute approximate surface area is 120 Å². The minimum atomic E-state index is -1.27. The molecule has 0 saturated heterocycles. The zero-order chi connectivity index (χ0) is 15.8. The van der Waals surface area contributed by atoms with Crippen molar-refractivity contribution in [3.63, 3.8) is 0 Å². The fourth-order valence-electron chi connectivity index (χ4n) is 1.67. The number of imide groups is 1. The van der Waals surface area contributed by atoms with Crippen LogP contribution in [-0.2, 0) is 14.4 Å². The van der Waals surface area contributed by atoms with E-state index in [1.807, 2.05) is 0 Å². The lowest BCUT2D eigenvalue weighted by atomic mass is 9.99. The van der Waals surface area contributed by atoms with Crippen molar-refractivity contribution >= 4 is 23.8 Å². The first-order chi connectivity index (χ1) is 9.90. The van der Waals surface area contributed by atoms with Crippen LogP contribution in [0.5, 0.6) is 0 Å². The van der Waals surface area contributed by atoms with Crippen LogP contribution in [0.3, 0.4) is 0 Å². The molecule has 0 heterocycles. The molecule has 0 fully saturated rings. The molecular formula is C14H15NO6. The monoisotopic (exact) mass is 293 g/mol. The summed E-state index contributed by atoms with van der Waals surface area (Å²) >= 11 is 0. The van der Waals surface area contributed by atoms with Gasteiger partial charge in [0.15, 0.2) is 0 Å². The van der Waals surface area contributed by atoms with E-state index in [1.54, 1.807) is 18.2 Å². The smallest absolute Gasteiger partial charge is 0.307 e. The summed E-state index contributed by atoms with van der Waals surface area (Å²) in [5.74, 6) is -4.91. The van der Waals surface area contributed by atoms with Gasteiger partial charge in [-0.1, -0.05) is 18.2 Å². The van der Waals surface area contributed by atoms with Crippen LogP contribution in [0.25, 0.3) is 0 Å². The fourth-order valence-corrected chi connectivity index (χ4v) is 1.67. The van der Waals surface area contributed by atoms with Gasteiger partial charge in [0.25, 0.3) is 5.91 Å². The van der Waals surface area contributed by atoms with Crippen LogP contribution in [0.1, 0.15) is 29.6 Å². The highest BCUT2D eigenvalue weighted by atomic mass is 16.4. The number of hydrogen-bond acceptors (Lipinski definition) is 4. The number of amides is 2. The second-order valence-corrected chi connectivity index (χ2v) is 4.42. The molecule has 0 saturated carbocycles. The Bertz CT molecular complexity index is 540. The van der Waals surface area contributed by atoms with Crippen LogP contribution >= 0.6 is 0 Å². The van der Waals surface area contributed by atoms with E-state index in [2.05, 4.69) is 5.32 Å². The Kier molecular flexibility index (Phi) is 6.06. The van der Waals surface area contributed by atoms with E-state index in [-0.39, 0.29) is 18.4 Å². The average molecular weight is 293 g/mol. The number of hydrogen-bond donors (Lipinski definition) is 3. The van der Waals surface area contributed by atoms with E-state index >= 15 is 0 Å². The molecule has 1 atom stereocenters. The summed E-state index contributed by atoms with van der Waals surface area (Å²) in [6, 6.07) is 8.01. The normalized spacial score (nSPS) is 11.4. The molecule has 112 valence electrons. The summed E-state index contributed by atoms with van der Waals surface area (Å²) in [4.78, 5) is 44.7. The third-order valence-electron chi connectivity index (χ3n) is 2.78. The van der Waals surface area contributed by atoms with Gasteiger partial charge in [-0.2, -0.15) is 0 Å². The average Bonchev–Trinajstić information content (AvgIpc) is 2.43. The van der Waals surface area contributed by atoms with E-state index < -0.39 is 36.1 Å². The number of carboxylic acids is 2. The summed E-state index contributed by atoms with van der Waals surface area (Å²) in [5, 5.41) is 19.5. The van der Waals surface area contributed by atoms with E-state index in [0.717, 1.165) is 0 Å². The van der Waals surface area contributed by atoms with Gasteiger partial charge in [0.05, 0.1) is 5.92 Å². The van der Waals surface area contributed by atoms with Gasteiger partial charge in [0, 0.05) is 18.4 Å². The first kappa shape index (κ1) is 16.4. The molecule has 1 rings (SSSR count). The Balaban J connectivity index is 2.56. The lowest BCUT2D eigenvalue weighted by Gasteiger charge is -2.10. The van der Waals surface area contributed by atoms with Crippen molar-refractivity contribution in [2.24, 2.45) is 5.92 Å². The molecule has 1 aromatic rings. The molecule has 1 unspecified atom stereocenters. The number of nitrogens with one attached hydrogen (secondary N) is 1. The SMILES string of the molecule is O=C(O)CCC(CC(=O)NC(=O)c1ccccc1)C(=O)O. The van der Waals surface area contributed by atoms with Crippen molar-refractivity contribution in [2.75, 3.05) is 0 Å². The summed E-state index contributed by atoms with van der Waals surface area (Å²) in [5.41, 5.74) is 0.281. The van der Waals surface area contributed by atoms with Gasteiger partial charge in [-0.15, -0.1) is 0 Å². The summed E-state index contributed by atoms with van der Waals surface area (Å²) in [6.45, 7) is 0. The van der Waals surface area contributed by atoms with Crippen LogP contribution in [0.4, 0.5) is 0 Å². The predicted molar refractivity (Wildman–Crippen MR) is 71.5 cm³/mol. The Morgan fingerprint density at radius 2 is 1.67 bits per heavy atom. The minimum absolute atomic E-state index is 0.169. The van der Waals surface area contributed by atoms with Gasteiger partial charge < -0.3 is 10.2 Å². The molecule has 3 N–H and O–H groups in total. The van der Waals surface area contributed by atoms with Crippen molar-refractivity contribution in [2.45, 2.75) is 19.3 Å².